The molecule has 1 heterocycles. The standard InChI is InChI=1S/C12H15NO2/c1-2-10(9-6-4-3-5-7-9)11-8-15-12(14)13-11/h3-7,10-11H,2,8H2,1H3,(H,13,14)/t10?,11-/m1/s1. The molecule has 1 aromatic rings. The fraction of sp³-hybridized carbons (Fsp3) is 0.417. The number of alkyl carbamates (subject to hydrolysis) is 1. The molecule has 3 heteroatoms. The molecule has 0 aromatic heterocycles. The van der Waals surface area contributed by atoms with E-state index in [-0.39, 0.29) is 12.1 Å². The van der Waals surface area contributed by atoms with Gasteiger partial charge in [-0.1, -0.05) is 37.3 Å². The van der Waals surface area contributed by atoms with E-state index in [2.05, 4.69) is 24.4 Å². The molecule has 1 aliphatic rings. The van der Waals surface area contributed by atoms with Crippen molar-refractivity contribution in [2.45, 2.75) is 25.3 Å². The molecular weight excluding hydrogens is 190 g/mol. The summed E-state index contributed by atoms with van der Waals surface area (Å²) in [6, 6.07) is 10.4. The molecule has 0 saturated carbocycles. The zero-order valence-corrected chi connectivity index (χ0v) is 8.77. The summed E-state index contributed by atoms with van der Waals surface area (Å²) in [6.07, 6.45) is 0.701. The van der Waals surface area contributed by atoms with E-state index in [1.165, 1.54) is 5.56 Å². The van der Waals surface area contributed by atoms with Crippen LogP contribution in [-0.4, -0.2) is 18.7 Å². The minimum absolute atomic E-state index is 0.116. The summed E-state index contributed by atoms with van der Waals surface area (Å²) in [5, 5.41) is 2.84. The van der Waals surface area contributed by atoms with Gasteiger partial charge in [0.25, 0.3) is 0 Å². The van der Waals surface area contributed by atoms with E-state index in [1.54, 1.807) is 0 Å². The fourth-order valence-electron chi connectivity index (χ4n) is 2.07. The first-order chi connectivity index (χ1) is 7.31. The van der Waals surface area contributed by atoms with Gasteiger partial charge in [-0.2, -0.15) is 0 Å². The highest BCUT2D eigenvalue weighted by Gasteiger charge is 2.29. The highest BCUT2D eigenvalue weighted by Crippen LogP contribution is 2.25. The molecule has 0 spiro atoms. The molecule has 1 saturated heterocycles. The van der Waals surface area contributed by atoms with Gasteiger partial charge in [-0.25, -0.2) is 4.79 Å². The van der Waals surface area contributed by atoms with E-state index in [0.717, 1.165) is 6.42 Å². The van der Waals surface area contributed by atoms with Crippen LogP contribution < -0.4 is 5.32 Å². The molecule has 1 unspecified atom stereocenters. The van der Waals surface area contributed by atoms with Crippen molar-refractivity contribution >= 4 is 6.09 Å². The SMILES string of the molecule is CCC(c1ccccc1)[C@H]1COC(=O)N1. The third-order valence-corrected chi connectivity index (χ3v) is 2.85. The molecule has 15 heavy (non-hydrogen) atoms. The number of cyclic esters (lactones) is 1. The molecule has 0 radical (unpaired) electrons. The summed E-state index contributed by atoms with van der Waals surface area (Å²) < 4.78 is 4.92. The first-order valence-electron chi connectivity index (χ1n) is 5.29. The Morgan fingerprint density at radius 1 is 1.47 bits per heavy atom. The maximum atomic E-state index is 11.0. The average molecular weight is 205 g/mol. The van der Waals surface area contributed by atoms with Crippen LogP contribution in [0.15, 0.2) is 30.3 Å². The Balaban J connectivity index is 2.14. The Morgan fingerprint density at radius 2 is 2.20 bits per heavy atom. The quantitative estimate of drug-likeness (QED) is 0.822. The molecular formula is C12H15NO2. The predicted octanol–water partition coefficient (Wildman–Crippen LogP) is 2.29. The zero-order valence-electron chi connectivity index (χ0n) is 8.77. The smallest absolute Gasteiger partial charge is 0.407 e. The van der Waals surface area contributed by atoms with Crippen LogP contribution in [0.5, 0.6) is 0 Å². The van der Waals surface area contributed by atoms with Crippen LogP contribution >= 0.6 is 0 Å². The van der Waals surface area contributed by atoms with E-state index >= 15 is 0 Å². The molecule has 1 aromatic carbocycles. The van der Waals surface area contributed by atoms with Crippen molar-refractivity contribution in [1.82, 2.24) is 5.32 Å². The van der Waals surface area contributed by atoms with Crippen molar-refractivity contribution in [2.24, 2.45) is 0 Å². The lowest BCUT2D eigenvalue weighted by atomic mass is 9.90. The fourth-order valence-corrected chi connectivity index (χ4v) is 2.07. The number of ether oxygens (including phenoxy) is 1. The lowest BCUT2D eigenvalue weighted by Gasteiger charge is -2.20. The first kappa shape index (κ1) is 10.0. The van der Waals surface area contributed by atoms with Crippen molar-refractivity contribution in [2.75, 3.05) is 6.61 Å². The zero-order chi connectivity index (χ0) is 10.7. The Hall–Kier alpha value is -1.51. The molecule has 1 amide bonds. The van der Waals surface area contributed by atoms with E-state index in [1.807, 2.05) is 18.2 Å². The largest absolute Gasteiger partial charge is 0.447 e. The highest BCUT2D eigenvalue weighted by atomic mass is 16.6. The Bertz CT molecular complexity index is 337. The van der Waals surface area contributed by atoms with Crippen LogP contribution in [0.1, 0.15) is 24.8 Å². The normalized spacial score (nSPS) is 21.9. The lowest BCUT2D eigenvalue weighted by molar-refractivity contribution is 0.176. The molecule has 80 valence electrons. The van der Waals surface area contributed by atoms with Gasteiger partial charge in [-0.15, -0.1) is 0 Å². The minimum atomic E-state index is -0.297. The topological polar surface area (TPSA) is 38.3 Å². The van der Waals surface area contributed by atoms with E-state index in [9.17, 15) is 4.79 Å². The van der Waals surface area contributed by atoms with E-state index in [4.69, 9.17) is 4.74 Å². The first-order valence-corrected chi connectivity index (χ1v) is 5.29. The number of nitrogens with one attached hydrogen (secondary N) is 1. The summed E-state index contributed by atoms with van der Waals surface area (Å²) in [6.45, 7) is 2.61. The van der Waals surface area contributed by atoms with Gasteiger partial charge >= 0.3 is 6.09 Å². The van der Waals surface area contributed by atoms with Crippen molar-refractivity contribution in [3.8, 4) is 0 Å². The second-order valence-electron chi connectivity index (χ2n) is 3.77. The molecule has 0 aliphatic carbocycles. The van der Waals surface area contributed by atoms with Gasteiger partial charge in [0.15, 0.2) is 0 Å². The van der Waals surface area contributed by atoms with E-state index < -0.39 is 0 Å². The Morgan fingerprint density at radius 3 is 2.73 bits per heavy atom. The monoisotopic (exact) mass is 205 g/mol. The van der Waals surface area contributed by atoms with Crippen LogP contribution in [0.4, 0.5) is 4.79 Å². The summed E-state index contributed by atoms with van der Waals surface area (Å²) in [7, 11) is 0. The van der Waals surface area contributed by atoms with Gasteiger partial charge in [-0.05, 0) is 12.0 Å². The van der Waals surface area contributed by atoms with E-state index in [0.29, 0.717) is 12.5 Å². The molecule has 2 rings (SSSR count). The number of carbonyl (C=O) groups excluding carboxylic acids is 1. The van der Waals surface area contributed by atoms with Crippen LogP contribution in [0.25, 0.3) is 0 Å². The van der Waals surface area contributed by atoms with Gasteiger partial charge in [0.1, 0.15) is 6.61 Å². The maximum Gasteiger partial charge on any atom is 0.407 e. The maximum absolute atomic E-state index is 11.0. The van der Waals surface area contributed by atoms with Gasteiger partial charge in [0, 0.05) is 5.92 Å². The third-order valence-electron chi connectivity index (χ3n) is 2.85. The van der Waals surface area contributed by atoms with Gasteiger partial charge in [0.2, 0.25) is 0 Å². The van der Waals surface area contributed by atoms with Gasteiger partial charge < -0.3 is 10.1 Å². The summed E-state index contributed by atoms with van der Waals surface area (Å²) in [5.41, 5.74) is 1.26. The van der Waals surface area contributed by atoms with Crippen LogP contribution in [-0.2, 0) is 4.74 Å². The third kappa shape index (κ3) is 2.12. The Kier molecular flexibility index (Phi) is 2.90. The molecule has 2 atom stereocenters. The summed E-state index contributed by atoms with van der Waals surface area (Å²) in [4.78, 5) is 11.0. The number of hydrogen-bond acceptors (Lipinski definition) is 2. The number of hydrogen-bond donors (Lipinski definition) is 1. The van der Waals surface area contributed by atoms with Crippen molar-refractivity contribution < 1.29 is 9.53 Å². The second kappa shape index (κ2) is 4.34. The lowest BCUT2D eigenvalue weighted by Crippen LogP contribution is -2.32. The van der Waals surface area contributed by atoms with Gasteiger partial charge in [0.05, 0.1) is 6.04 Å². The molecule has 1 fully saturated rings. The molecule has 1 aliphatic heterocycles. The number of amides is 1. The van der Waals surface area contributed by atoms with Crippen LogP contribution in [0.2, 0.25) is 0 Å². The molecule has 3 nitrogen and oxygen atoms in total. The predicted molar refractivity (Wildman–Crippen MR) is 57.7 cm³/mol. The summed E-state index contributed by atoms with van der Waals surface area (Å²) in [5.74, 6) is 0.345. The highest BCUT2D eigenvalue weighted by molar-refractivity contribution is 5.69. The minimum Gasteiger partial charge on any atom is -0.447 e. The second-order valence-corrected chi connectivity index (χ2v) is 3.77. The van der Waals surface area contributed by atoms with Gasteiger partial charge in [-0.3, -0.25) is 0 Å². The summed E-state index contributed by atoms with van der Waals surface area (Å²) >= 11 is 0. The van der Waals surface area contributed by atoms with Crippen molar-refractivity contribution in [3.05, 3.63) is 35.9 Å². The van der Waals surface area contributed by atoms with Crippen molar-refractivity contribution in [3.63, 3.8) is 0 Å². The molecule has 0 bridgehead atoms. The molecule has 1 N–H and O–H groups in total. The van der Waals surface area contributed by atoms with Crippen LogP contribution in [0, 0.1) is 0 Å². The number of rotatable bonds is 3. The number of carbonyl (C=O) groups is 1. The average Bonchev–Trinajstić information content (AvgIpc) is 2.68. The Labute approximate surface area is 89.4 Å². The van der Waals surface area contributed by atoms with Crippen LogP contribution in [0.3, 0.4) is 0 Å². The van der Waals surface area contributed by atoms with Crippen molar-refractivity contribution in [1.29, 1.82) is 0 Å². The number of benzene rings is 1.